The number of benzene rings is 4. The summed E-state index contributed by atoms with van der Waals surface area (Å²) in [4.78, 5) is 0. The molecule has 31 heavy (non-hydrogen) atoms. The predicted octanol–water partition coefficient (Wildman–Crippen LogP) is 7.50. The molecule has 0 bridgehead atoms. The first-order valence-corrected chi connectivity index (χ1v) is 11.3. The van der Waals surface area contributed by atoms with Gasteiger partial charge in [-0.1, -0.05) is 66.2 Å². The van der Waals surface area contributed by atoms with Crippen molar-refractivity contribution in [3.05, 3.63) is 100 Å². The molecule has 4 aromatic rings. The van der Waals surface area contributed by atoms with E-state index in [1.807, 2.05) is 6.92 Å². The molecule has 0 spiro atoms. The normalized spacial score (nSPS) is 10.8. The van der Waals surface area contributed by atoms with E-state index in [-0.39, 0.29) is 0 Å². The molecule has 0 heterocycles. The van der Waals surface area contributed by atoms with Crippen molar-refractivity contribution in [1.29, 1.82) is 0 Å². The van der Waals surface area contributed by atoms with Crippen LogP contribution >= 0.6 is 15.9 Å². The molecule has 0 atom stereocenters. The Balaban J connectivity index is 1.53. The zero-order valence-electron chi connectivity index (χ0n) is 17.8. The molecule has 4 rings (SSSR count). The first-order chi connectivity index (χ1) is 15.1. The van der Waals surface area contributed by atoms with Crippen LogP contribution < -0.4 is 14.8 Å². The second-order valence-corrected chi connectivity index (χ2v) is 8.35. The molecule has 0 saturated heterocycles. The molecule has 0 saturated carbocycles. The lowest BCUT2D eigenvalue weighted by molar-refractivity contribution is 0.267. The highest BCUT2D eigenvalue weighted by molar-refractivity contribution is 9.10. The predicted molar refractivity (Wildman–Crippen MR) is 132 cm³/mol. The van der Waals surface area contributed by atoms with E-state index in [4.69, 9.17) is 9.47 Å². The zero-order chi connectivity index (χ0) is 21.6. The fourth-order valence-electron chi connectivity index (χ4n) is 3.66. The van der Waals surface area contributed by atoms with Crippen LogP contribution in [0.4, 0.5) is 5.69 Å². The summed E-state index contributed by atoms with van der Waals surface area (Å²) >= 11 is 3.69. The lowest BCUT2D eigenvalue weighted by Crippen LogP contribution is -2.04. The van der Waals surface area contributed by atoms with Gasteiger partial charge >= 0.3 is 0 Å². The molecular formula is C27H26BrNO2. The minimum Gasteiger partial charge on any atom is -0.490 e. The van der Waals surface area contributed by atoms with E-state index in [1.165, 1.54) is 16.3 Å². The number of fused-ring (bicyclic) bond motifs is 1. The topological polar surface area (TPSA) is 30.5 Å². The van der Waals surface area contributed by atoms with Gasteiger partial charge in [0, 0.05) is 17.6 Å². The molecule has 3 nitrogen and oxygen atoms in total. The second-order valence-electron chi connectivity index (χ2n) is 7.50. The van der Waals surface area contributed by atoms with Crippen molar-refractivity contribution in [2.75, 3.05) is 11.9 Å². The Morgan fingerprint density at radius 2 is 1.65 bits per heavy atom. The lowest BCUT2D eigenvalue weighted by atomic mass is 10.1. The molecule has 1 N–H and O–H groups in total. The van der Waals surface area contributed by atoms with E-state index < -0.39 is 0 Å². The van der Waals surface area contributed by atoms with Crippen LogP contribution in [-0.4, -0.2) is 6.61 Å². The Kier molecular flexibility index (Phi) is 6.78. The van der Waals surface area contributed by atoms with E-state index in [9.17, 15) is 0 Å². The highest BCUT2D eigenvalue weighted by Crippen LogP contribution is 2.38. The molecule has 4 heteroatoms. The largest absolute Gasteiger partial charge is 0.490 e. The Morgan fingerprint density at radius 1 is 0.839 bits per heavy atom. The quantitative estimate of drug-likeness (QED) is 0.286. The SMILES string of the molecule is CCOc1cc(CNc2cccc3ccccc23)cc(Br)c1OCc1cccc(C)c1. The summed E-state index contributed by atoms with van der Waals surface area (Å²) < 4.78 is 12.9. The first kappa shape index (κ1) is 21.3. The Labute approximate surface area is 192 Å². The highest BCUT2D eigenvalue weighted by Gasteiger charge is 2.13. The number of hydrogen-bond acceptors (Lipinski definition) is 3. The molecular weight excluding hydrogens is 450 g/mol. The standard InChI is InChI=1S/C27H26BrNO2/c1-3-30-26-16-21(17-29-25-13-7-11-22-10-4-5-12-23(22)25)15-24(28)27(26)31-18-20-9-6-8-19(2)14-20/h4-16,29H,3,17-18H2,1-2H3. The number of aryl methyl sites for hydroxylation is 1. The molecule has 0 amide bonds. The summed E-state index contributed by atoms with van der Waals surface area (Å²) in [7, 11) is 0. The minimum atomic E-state index is 0.494. The van der Waals surface area contributed by atoms with Gasteiger partial charge in [-0.05, 0) is 64.5 Å². The van der Waals surface area contributed by atoms with E-state index in [0.717, 1.165) is 32.8 Å². The monoisotopic (exact) mass is 475 g/mol. The fraction of sp³-hybridized carbons (Fsp3) is 0.185. The second kappa shape index (κ2) is 9.88. The van der Waals surface area contributed by atoms with Crippen LogP contribution in [-0.2, 0) is 13.2 Å². The van der Waals surface area contributed by atoms with Gasteiger partial charge in [0.25, 0.3) is 0 Å². The number of anilines is 1. The van der Waals surface area contributed by atoms with Gasteiger partial charge in [0.15, 0.2) is 11.5 Å². The third-order valence-electron chi connectivity index (χ3n) is 5.11. The van der Waals surface area contributed by atoms with Crippen molar-refractivity contribution in [3.8, 4) is 11.5 Å². The maximum atomic E-state index is 6.14. The number of ether oxygens (including phenoxy) is 2. The number of halogens is 1. The average Bonchev–Trinajstić information content (AvgIpc) is 2.77. The van der Waals surface area contributed by atoms with Crippen molar-refractivity contribution in [2.24, 2.45) is 0 Å². The highest BCUT2D eigenvalue weighted by atomic mass is 79.9. The molecule has 158 valence electrons. The Bertz CT molecular complexity index is 1180. The molecule has 0 aliphatic heterocycles. The van der Waals surface area contributed by atoms with Crippen molar-refractivity contribution < 1.29 is 9.47 Å². The Hall–Kier alpha value is -2.98. The van der Waals surface area contributed by atoms with Crippen LogP contribution in [0.15, 0.2) is 83.3 Å². The van der Waals surface area contributed by atoms with Gasteiger partial charge in [0.2, 0.25) is 0 Å². The maximum Gasteiger partial charge on any atom is 0.175 e. The van der Waals surface area contributed by atoms with E-state index in [0.29, 0.717) is 19.8 Å². The molecule has 0 radical (unpaired) electrons. The van der Waals surface area contributed by atoms with Gasteiger partial charge in [0.05, 0.1) is 11.1 Å². The van der Waals surface area contributed by atoms with Crippen molar-refractivity contribution >= 4 is 32.4 Å². The van der Waals surface area contributed by atoms with Crippen LogP contribution in [0.5, 0.6) is 11.5 Å². The molecule has 0 aliphatic carbocycles. The third kappa shape index (κ3) is 5.20. The minimum absolute atomic E-state index is 0.494. The summed E-state index contributed by atoms with van der Waals surface area (Å²) in [6.07, 6.45) is 0. The Morgan fingerprint density at radius 3 is 2.48 bits per heavy atom. The molecule has 0 unspecified atom stereocenters. The van der Waals surface area contributed by atoms with Crippen LogP contribution in [0.3, 0.4) is 0 Å². The maximum absolute atomic E-state index is 6.14. The van der Waals surface area contributed by atoms with Crippen LogP contribution in [0.1, 0.15) is 23.6 Å². The van der Waals surface area contributed by atoms with Crippen molar-refractivity contribution in [2.45, 2.75) is 27.0 Å². The van der Waals surface area contributed by atoms with Crippen LogP contribution in [0.2, 0.25) is 0 Å². The summed E-state index contributed by atoms with van der Waals surface area (Å²) in [5.41, 5.74) is 4.59. The average molecular weight is 476 g/mol. The molecule has 0 aromatic heterocycles. The van der Waals surface area contributed by atoms with Gasteiger partial charge in [-0.3, -0.25) is 0 Å². The number of rotatable bonds is 8. The van der Waals surface area contributed by atoms with Gasteiger partial charge in [-0.2, -0.15) is 0 Å². The van der Waals surface area contributed by atoms with E-state index in [1.54, 1.807) is 0 Å². The van der Waals surface area contributed by atoms with Crippen molar-refractivity contribution in [3.63, 3.8) is 0 Å². The molecule has 0 aliphatic rings. The van der Waals surface area contributed by atoms with E-state index >= 15 is 0 Å². The van der Waals surface area contributed by atoms with Gasteiger partial charge < -0.3 is 14.8 Å². The summed E-state index contributed by atoms with van der Waals surface area (Å²) in [5.74, 6) is 1.48. The van der Waals surface area contributed by atoms with Gasteiger partial charge in [-0.25, -0.2) is 0 Å². The van der Waals surface area contributed by atoms with Gasteiger partial charge in [-0.15, -0.1) is 0 Å². The number of nitrogens with one attached hydrogen (secondary N) is 1. The van der Waals surface area contributed by atoms with Gasteiger partial charge in [0.1, 0.15) is 6.61 Å². The lowest BCUT2D eigenvalue weighted by Gasteiger charge is -2.17. The third-order valence-corrected chi connectivity index (χ3v) is 5.70. The number of hydrogen-bond donors (Lipinski definition) is 1. The zero-order valence-corrected chi connectivity index (χ0v) is 19.4. The molecule has 0 fully saturated rings. The van der Waals surface area contributed by atoms with E-state index in [2.05, 4.69) is 107 Å². The van der Waals surface area contributed by atoms with Crippen molar-refractivity contribution in [1.82, 2.24) is 0 Å². The summed E-state index contributed by atoms with van der Waals surface area (Å²) in [6.45, 7) is 5.83. The smallest absolute Gasteiger partial charge is 0.175 e. The first-order valence-electron chi connectivity index (χ1n) is 10.5. The fourth-order valence-corrected chi connectivity index (χ4v) is 4.26. The summed E-state index contributed by atoms with van der Waals surface area (Å²) in [6, 6.07) is 27.2. The van der Waals surface area contributed by atoms with Crippen LogP contribution in [0.25, 0.3) is 10.8 Å². The summed E-state index contributed by atoms with van der Waals surface area (Å²) in [5, 5.41) is 6.01. The van der Waals surface area contributed by atoms with Crippen LogP contribution in [0, 0.1) is 6.92 Å². The molecule has 4 aromatic carbocycles.